The molecule has 0 radical (unpaired) electrons. The van der Waals surface area contributed by atoms with E-state index in [0.29, 0.717) is 0 Å². The highest BCUT2D eigenvalue weighted by Crippen LogP contribution is 2.51. The van der Waals surface area contributed by atoms with E-state index in [-0.39, 0.29) is 5.41 Å². The normalized spacial score (nSPS) is 13.9. The summed E-state index contributed by atoms with van der Waals surface area (Å²) in [6.45, 7) is 4.61. The minimum atomic E-state index is -0.0698. The molecule has 1 aromatic heterocycles. The van der Waals surface area contributed by atoms with Gasteiger partial charge in [0.2, 0.25) is 0 Å². The molecule has 0 fully saturated rings. The van der Waals surface area contributed by atoms with E-state index < -0.39 is 0 Å². The number of hydrogen-bond acceptors (Lipinski definition) is 3. The maximum Gasteiger partial charge on any atom is 0.113 e. The summed E-state index contributed by atoms with van der Waals surface area (Å²) in [6.07, 6.45) is 1.98. The highest BCUT2D eigenvalue weighted by Gasteiger charge is 2.36. The molecule has 0 N–H and O–H groups in total. The number of fused-ring (bicyclic) bond motifs is 2. The van der Waals surface area contributed by atoms with Gasteiger partial charge in [0, 0.05) is 16.7 Å². The summed E-state index contributed by atoms with van der Waals surface area (Å²) in [4.78, 5) is 2.36. The minimum Gasteiger partial charge on any atom is -0.310 e. The third-order valence-corrected chi connectivity index (χ3v) is 6.55. The number of benzene rings is 4. The summed E-state index contributed by atoms with van der Waals surface area (Å²) >= 11 is 0. The Morgan fingerprint density at radius 3 is 1.94 bits per heavy atom. The molecule has 1 aliphatic rings. The molecule has 0 aliphatic carbocycles. The van der Waals surface area contributed by atoms with Crippen molar-refractivity contribution in [3.63, 3.8) is 0 Å². The van der Waals surface area contributed by atoms with Crippen molar-refractivity contribution in [1.82, 2.24) is 15.0 Å². The molecule has 6 rings (SSSR count). The molecule has 4 aromatic carbocycles. The van der Waals surface area contributed by atoms with Crippen LogP contribution in [-0.2, 0) is 5.41 Å². The van der Waals surface area contributed by atoms with Gasteiger partial charge in [0.1, 0.15) is 5.69 Å². The van der Waals surface area contributed by atoms with Crippen LogP contribution in [0.3, 0.4) is 0 Å². The lowest BCUT2D eigenvalue weighted by Gasteiger charge is -2.42. The molecule has 33 heavy (non-hydrogen) atoms. The van der Waals surface area contributed by atoms with Crippen molar-refractivity contribution in [2.45, 2.75) is 19.3 Å². The van der Waals surface area contributed by atoms with E-state index in [2.05, 4.69) is 102 Å². The Hall–Kier alpha value is -4.18. The smallest absolute Gasteiger partial charge is 0.113 e. The average molecular weight is 429 g/mol. The van der Waals surface area contributed by atoms with Crippen LogP contribution >= 0.6 is 0 Å². The van der Waals surface area contributed by atoms with E-state index in [9.17, 15) is 0 Å². The lowest BCUT2D eigenvalue weighted by molar-refractivity contribution is 0.632. The van der Waals surface area contributed by atoms with Crippen LogP contribution in [0.2, 0.25) is 0 Å². The van der Waals surface area contributed by atoms with Gasteiger partial charge in [-0.15, -0.1) is 5.10 Å². The number of rotatable bonds is 3. The first-order valence-electron chi connectivity index (χ1n) is 11.2. The van der Waals surface area contributed by atoms with E-state index in [1.54, 1.807) is 0 Å². The molecule has 4 nitrogen and oxygen atoms in total. The maximum atomic E-state index is 4.46. The van der Waals surface area contributed by atoms with Crippen LogP contribution in [0, 0.1) is 0 Å². The van der Waals surface area contributed by atoms with Crippen LogP contribution in [0.5, 0.6) is 0 Å². The number of para-hydroxylation sites is 3. The van der Waals surface area contributed by atoms with Crippen LogP contribution in [0.25, 0.3) is 16.9 Å². The molecule has 2 heterocycles. The van der Waals surface area contributed by atoms with Gasteiger partial charge in [-0.05, 0) is 47.5 Å². The van der Waals surface area contributed by atoms with Crippen molar-refractivity contribution in [3.05, 3.63) is 120 Å². The van der Waals surface area contributed by atoms with E-state index in [1.165, 1.54) is 22.5 Å². The molecule has 5 aromatic rings. The van der Waals surface area contributed by atoms with Crippen molar-refractivity contribution in [1.29, 1.82) is 0 Å². The van der Waals surface area contributed by atoms with Gasteiger partial charge in [-0.2, -0.15) is 0 Å². The SMILES string of the molecule is CC1(C)c2ccccc2N(c2cccc(-c3cn(-c4ccccc4)nn3)c2)c2ccccc21. The van der Waals surface area contributed by atoms with E-state index in [4.69, 9.17) is 0 Å². The largest absolute Gasteiger partial charge is 0.310 e. The van der Waals surface area contributed by atoms with Gasteiger partial charge in [0.15, 0.2) is 0 Å². The highest BCUT2D eigenvalue weighted by molar-refractivity contribution is 5.86. The Bertz CT molecular complexity index is 1400. The maximum absolute atomic E-state index is 4.46. The van der Waals surface area contributed by atoms with Crippen LogP contribution < -0.4 is 4.90 Å². The predicted molar refractivity (Wildman–Crippen MR) is 134 cm³/mol. The molecule has 0 spiro atoms. The van der Waals surface area contributed by atoms with Crippen molar-refractivity contribution < 1.29 is 0 Å². The lowest BCUT2D eigenvalue weighted by Crippen LogP contribution is -2.30. The molecule has 160 valence electrons. The Morgan fingerprint density at radius 2 is 1.24 bits per heavy atom. The second kappa shape index (κ2) is 7.45. The Labute approximate surface area is 193 Å². The average Bonchev–Trinajstić information content (AvgIpc) is 3.36. The standard InChI is InChI=1S/C29H24N4/c1-29(2)24-15-6-8-17-27(24)33(28-18-9-7-16-25(28)29)23-14-10-11-21(19-23)26-20-32(31-30-26)22-12-4-3-5-13-22/h3-20H,1-2H3. The van der Waals surface area contributed by atoms with Crippen molar-refractivity contribution in [2.24, 2.45) is 0 Å². The van der Waals surface area contributed by atoms with E-state index in [1.807, 2.05) is 41.2 Å². The van der Waals surface area contributed by atoms with Crippen molar-refractivity contribution >= 4 is 17.1 Å². The Morgan fingerprint density at radius 1 is 0.636 bits per heavy atom. The molecule has 0 unspecified atom stereocenters. The molecule has 0 saturated heterocycles. The third kappa shape index (κ3) is 3.14. The monoisotopic (exact) mass is 428 g/mol. The summed E-state index contributed by atoms with van der Waals surface area (Å²) in [7, 11) is 0. The van der Waals surface area contributed by atoms with Gasteiger partial charge in [-0.1, -0.05) is 85.8 Å². The van der Waals surface area contributed by atoms with Crippen molar-refractivity contribution in [3.8, 4) is 16.9 Å². The van der Waals surface area contributed by atoms with E-state index in [0.717, 1.165) is 22.6 Å². The zero-order chi connectivity index (χ0) is 22.4. The summed E-state index contributed by atoms with van der Waals surface area (Å²) in [5.74, 6) is 0. The van der Waals surface area contributed by atoms with Gasteiger partial charge < -0.3 is 4.90 Å². The van der Waals surface area contributed by atoms with Gasteiger partial charge in [0.25, 0.3) is 0 Å². The molecular weight excluding hydrogens is 404 g/mol. The summed E-state index contributed by atoms with van der Waals surface area (Å²) in [5.41, 5.74) is 8.99. The highest BCUT2D eigenvalue weighted by atomic mass is 15.4. The first kappa shape index (κ1) is 19.5. The Kier molecular flexibility index (Phi) is 4.40. The van der Waals surface area contributed by atoms with Crippen LogP contribution in [0.15, 0.2) is 109 Å². The zero-order valence-electron chi connectivity index (χ0n) is 18.7. The molecule has 0 saturated carbocycles. The van der Waals surface area contributed by atoms with Crippen LogP contribution in [0.1, 0.15) is 25.0 Å². The zero-order valence-corrected chi connectivity index (χ0v) is 18.7. The molecular formula is C29H24N4. The number of anilines is 3. The molecule has 0 bridgehead atoms. The van der Waals surface area contributed by atoms with Gasteiger partial charge in [0.05, 0.1) is 23.3 Å². The Balaban J connectivity index is 1.47. The number of aromatic nitrogens is 3. The van der Waals surface area contributed by atoms with Gasteiger partial charge >= 0.3 is 0 Å². The van der Waals surface area contributed by atoms with Crippen molar-refractivity contribution in [2.75, 3.05) is 4.90 Å². The van der Waals surface area contributed by atoms with Gasteiger partial charge in [-0.25, -0.2) is 4.68 Å². The molecule has 4 heteroatoms. The third-order valence-electron chi connectivity index (χ3n) is 6.55. The molecule has 0 atom stereocenters. The first-order valence-corrected chi connectivity index (χ1v) is 11.2. The predicted octanol–water partition coefficient (Wildman–Crippen LogP) is 7.04. The quantitative estimate of drug-likeness (QED) is 0.309. The van der Waals surface area contributed by atoms with Gasteiger partial charge in [-0.3, -0.25) is 0 Å². The second-order valence-electron chi connectivity index (χ2n) is 8.93. The number of nitrogens with zero attached hydrogens (tertiary/aromatic N) is 4. The topological polar surface area (TPSA) is 34.0 Å². The molecule has 1 aliphatic heterocycles. The minimum absolute atomic E-state index is 0.0698. The molecule has 0 amide bonds. The fraction of sp³-hybridized carbons (Fsp3) is 0.103. The van der Waals surface area contributed by atoms with Crippen LogP contribution in [-0.4, -0.2) is 15.0 Å². The summed E-state index contributed by atoms with van der Waals surface area (Å²) < 4.78 is 1.82. The summed E-state index contributed by atoms with van der Waals surface area (Å²) in [5, 5.41) is 8.80. The summed E-state index contributed by atoms with van der Waals surface area (Å²) in [6, 6.07) is 36.0. The number of hydrogen-bond donors (Lipinski definition) is 0. The fourth-order valence-electron chi connectivity index (χ4n) is 4.85. The van der Waals surface area contributed by atoms with E-state index >= 15 is 0 Å². The lowest BCUT2D eigenvalue weighted by atomic mass is 9.73. The first-order chi connectivity index (χ1) is 16.1. The second-order valence-corrected chi connectivity index (χ2v) is 8.93. The van der Waals surface area contributed by atoms with Crippen LogP contribution in [0.4, 0.5) is 17.1 Å². The fourth-order valence-corrected chi connectivity index (χ4v) is 4.85.